The molecule has 0 aliphatic heterocycles. The monoisotopic (exact) mass is 167 g/mol. The second kappa shape index (κ2) is 2.62. The van der Waals surface area contributed by atoms with Crippen molar-refractivity contribution < 1.29 is 14.4 Å². The third kappa shape index (κ3) is 1.09. The van der Waals surface area contributed by atoms with Gasteiger partial charge in [0.2, 0.25) is 0 Å². The van der Waals surface area contributed by atoms with E-state index in [1.165, 1.54) is 0 Å². The van der Waals surface area contributed by atoms with Gasteiger partial charge >= 0.3 is 5.97 Å². The quantitative estimate of drug-likeness (QED) is 0.673. The fourth-order valence-electron chi connectivity index (χ4n) is 1.54. The normalized spacial score (nSPS) is 21.8. The summed E-state index contributed by atoms with van der Waals surface area (Å²) in [6.07, 6.45) is 3.54. The Kier molecular flexibility index (Phi) is 1.60. The first-order valence-corrected chi connectivity index (χ1v) is 3.92. The zero-order valence-electron chi connectivity index (χ0n) is 6.49. The summed E-state index contributed by atoms with van der Waals surface area (Å²) < 4.78 is 4.94. The number of carboxylic acid groups (broad SMARTS) is 1. The van der Waals surface area contributed by atoms with Crippen molar-refractivity contribution in [1.29, 1.82) is 0 Å². The molecule has 1 aromatic rings. The van der Waals surface area contributed by atoms with Gasteiger partial charge in [0.1, 0.15) is 5.76 Å². The number of hydrogen-bond acceptors (Lipinski definition) is 3. The number of aryl methyl sites for hydroxylation is 1. The summed E-state index contributed by atoms with van der Waals surface area (Å²) in [6, 6.07) is 0. The molecule has 0 radical (unpaired) electrons. The van der Waals surface area contributed by atoms with Crippen molar-refractivity contribution >= 4 is 5.97 Å². The van der Waals surface area contributed by atoms with Crippen LogP contribution in [0.1, 0.15) is 17.7 Å². The molecule has 0 aromatic carbocycles. The molecule has 0 fully saturated rings. The molecule has 4 heteroatoms. The lowest BCUT2D eigenvalue weighted by atomic mass is 9.88. The predicted molar refractivity (Wildman–Crippen MR) is 39.7 cm³/mol. The van der Waals surface area contributed by atoms with Crippen LogP contribution in [0.25, 0.3) is 0 Å². The van der Waals surface area contributed by atoms with E-state index >= 15 is 0 Å². The van der Waals surface area contributed by atoms with E-state index in [0.717, 1.165) is 11.3 Å². The molecule has 0 amide bonds. The van der Waals surface area contributed by atoms with E-state index in [1.54, 1.807) is 6.20 Å². The molecule has 64 valence electrons. The van der Waals surface area contributed by atoms with E-state index in [1.807, 2.05) is 0 Å². The van der Waals surface area contributed by atoms with Crippen LogP contribution in [0.15, 0.2) is 10.7 Å². The molecule has 1 heterocycles. The van der Waals surface area contributed by atoms with Gasteiger partial charge in [-0.05, 0) is 12.8 Å². The zero-order valence-corrected chi connectivity index (χ0v) is 6.49. The van der Waals surface area contributed by atoms with Crippen LogP contribution < -0.4 is 0 Å². The minimum absolute atomic E-state index is 0.253. The molecule has 2 rings (SSSR count). The van der Waals surface area contributed by atoms with Crippen LogP contribution in [0.5, 0.6) is 0 Å². The van der Waals surface area contributed by atoms with Crippen LogP contribution in [0, 0.1) is 5.92 Å². The molecule has 0 bridgehead atoms. The summed E-state index contributed by atoms with van der Waals surface area (Å²) in [5.41, 5.74) is 0.952. The average Bonchev–Trinajstić information content (AvgIpc) is 2.49. The number of carbonyl (C=O) groups is 1. The van der Waals surface area contributed by atoms with E-state index in [4.69, 9.17) is 9.63 Å². The van der Waals surface area contributed by atoms with Gasteiger partial charge in [-0.1, -0.05) is 5.16 Å². The third-order valence-corrected chi connectivity index (χ3v) is 2.27. The molecular weight excluding hydrogens is 158 g/mol. The first-order valence-electron chi connectivity index (χ1n) is 3.92. The van der Waals surface area contributed by atoms with Crippen LogP contribution in [-0.4, -0.2) is 16.2 Å². The standard InChI is InChI=1S/C8H9NO3/c10-8(11)5-1-2-7-6(3-5)4-9-12-7/h4-5H,1-3H2,(H,10,11)/t5-/m0/s1. The Morgan fingerprint density at radius 3 is 3.33 bits per heavy atom. The number of nitrogens with zero attached hydrogens (tertiary/aromatic N) is 1. The lowest BCUT2D eigenvalue weighted by Gasteiger charge is -2.15. The molecule has 1 N–H and O–H groups in total. The van der Waals surface area contributed by atoms with Crippen LogP contribution in [-0.2, 0) is 17.6 Å². The highest BCUT2D eigenvalue weighted by atomic mass is 16.5. The molecule has 0 saturated heterocycles. The van der Waals surface area contributed by atoms with E-state index in [2.05, 4.69) is 5.16 Å². The number of hydrogen-bond donors (Lipinski definition) is 1. The molecule has 4 nitrogen and oxygen atoms in total. The number of aromatic nitrogens is 1. The van der Waals surface area contributed by atoms with Gasteiger partial charge in [0.15, 0.2) is 0 Å². The molecule has 12 heavy (non-hydrogen) atoms. The van der Waals surface area contributed by atoms with E-state index < -0.39 is 5.97 Å². The van der Waals surface area contributed by atoms with Crippen LogP contribution in [0.2, 0.25) is 0 Å². The van der Waals surface area contributed by atoms with Crippen LogP contribution >= 0.6 is 0 Å². The molecule has 1 atom stereocenters. The van der Waals surface area contributed by atoms with Crippen LogP contribution in [0.3, 0.4) is 0 Å². The maximum Gasteiger partial charge on any atom is 0.306 e. The van der Waals surface area contributed by atoms with Gasteiger partial charge in [-0.25, -0.2) is 0 Å². The summed E-state index contributed by atoms with van der Waals surface area (Å²) in [4.78, 5) is 10.6. The topological polar surface area (TPSA) is 63.3 Å². The Bertz CT molecular complexity index is 305. The Morgan fingerprint density at radius 2 is 2.58 bits per heavy atom. The van der Waals surface area contributed by atoms with E-state index in [-0.39, 0.29) is 5.92 Å². The van der Waals surface area contributed by atoms with Gasteiger partial charge in [0.25, 0.3) is 0 Å². The smallest absolute Gasteiger partial charge is 0.306 e. The second-order valence-corrected chi connectivity index (χ2v) is 3.05. The van der Waals surface area contributed by atoms with Gasteiger partial charge in [0, 0.05) is 12.0 Å². The maximum atomic E-state index is 10.6. The first kappa shape index (κ1) is 7.34. The fraction of sp³-hybridized carbons (Fsp3) is 0.500. The highest BCUT2D eigenvalue weighted by Gasteiger charge is 2.26. The summed E-state index contributed by atoms with van der Waals surface area (Å²) in [6.45, 7) is 0. The van der Waals surface area contributed by atoms with Gasteiger partial charge in [-0.3, -0.25) is 4.79 Å². The third-order valence-electron chi connectivity index (χ3n) is 2.27. The second-order valence-electron chi connectivity index (χ2n) is 3.05. The van der Waals surface area contributed by atoms with E-state index in [9.17, 15) is 4.79 Å². The van der Waals surface area contributed by atoms with Gasteiger partial charge in [-0.2, -0.15) is 0 Å². The Morgan fingerprint density at radius 1 is 1.75 bits per heavy atom. The Labute approximate surface area is 69.2 Å². The summed E-state index contributed by atoms with van der Waals surface area (Å²) >= 11 is 0. The minimum atomic E-state index is -0.721. The first-order chi connectivity index (χ1) is 5.77. The SMILES string of the molecule is O=C(O)[C@H]1CCc2oncc2C1. The largest absolute Gasteiger partial charge is 0.481 e. The lowest BCUT2D eigenvalue weighted by Crippen LogP contribution is -2.21. The molecule has 0 saturated carbocycles. The van der Waals surface area contributed by atoms with Gasteiger partial charge < -0.3 is 9.63 Å². The summed E-state index contributed by atoms with van der Waals surface area (Å²) in [5.74, 6) is -0.119. The molecule has 1 aliphatic rings. The molecular formula is C8H9NO3. The minimum Gasteiger partial charge on any atom is -0.481 e. The lowest BCUT2D eigenvalue weighted by molar-refractivity contribution is -0.142. The number of rotatable bonds is 1. The Hall–Kier alpha value is -1.32. The average molecular weight is 167 g/mol. The van der Waals surface area contributed by atoms with Crippen molar-refractivity contribution in [3.63, 3.8) is 0 Å². The van der Waals surface area contributed by atoms with E-state index in [0.29, 0.717) is 19.3 Å². The van der Waals surface area contributed by atoms with Crippen molar-refractivity contribution in [2.24, 2.45) is 5.92 Å². The molecule has 1 aliphatic carbocycles. The Balaban J connectivity index is 2.20. The van der Waals surface area contributed by atoms with Crippen molar-refractivity contribution in [3.05, 3.63) is 17.5 Å². The maximum absolute atomic E-state index is 10.6. The highest BCUT2D eigenvalue weighted by molar-refractivity contribution is 5.70. The summed E-state index contributed by atoms with van der Waals surface area (Å²) in [7, 11) is 0. The van der Waals surface area contributed by atoms with Gasteiger partial charge in [-0.15, -0.1) is 0 Å². The number of aliphatic carboxylic acids is 1. The molecule has 1 aromatic heterocycles. The summed E-state index contributed by atoms with van der Waals surface area (Å²) in [5, 5.41) is 12.4. The van der Waals surface area contributed by atoms with Gasteiger partial charge in [0.05, 0.1) is 12.1 Å². The fourth-order valence-corrected chi connectivity index (χ4v) is 1.54. The highest BCUT2D eigenvalue weighted by Crippen LogP contribution is 2.24. The van der Waals surface area contributed by atoms with Crippen molar-refractivity contribution in [2.75, 3.05) is 0 Å². The molecule has 0 unspecified atom stereocenters. The molecule has 0 spiro atoms. The van der Waals surface area contributed by atoms with Crippen LogP contribution in [0.4, 0.5) is 0 Å². The van der Waals surface area contributed by atoms with Crippen molar-refractivity contribution in [1.82, 2.24) is 5.16 Å². The predicted octanol–water partition coefficient (Wildman–Crippen LogP) is 0.864. The zero-order chi connectivity index (χ0) is 8.55. The number of fused-ring (bicyclic) bond motifs is 1. The van der Waals surface area contributed by atoms with Crippen molar-refractivity contribution in [2.45, 2.75) is 19.3 Å². The number of carboxylic acids is 1. The van der Waals surface area contributed by atoms with Crippen molar-refractivity contribution in [3.8, 4) is 0 Å².